The van der Waals surface area contributed by atoms with E-state index in [2.05, 4.69) is 33.9 Å². The van der Waals surface area contributed by atoms with Gasteiger partial charge in [0.1, 0.15) is 11.9 Å². The number of carbonyl (C=O) groups is 1. The molecule has 2 saturated heterocycles. The zero-order valence-corrected chi connectivity index (χ0v) is 14.8. The molecule has 0 aliphatic carbocycles. The van der Waals surface area contributed by atoms with Crippen LogP contribution in [0.25, 0.3) is 0 Å². The van der Waals surface area contributed by atoms with E-state index < -0.39 is 0 Å². The Balaban J connectivity index is 1.64. The molecule has 7 heteroatoms. The lowest BCUT2D eigenvalue weighted by molar-refractivity contribution is -0.146. The van der Waals surface area contributed by atoms with Crippen molar-refractivity contribution in [3.63, 3.8) is 0 Å². The highest BCUT2D eigenvalue weighted by atomic mass is 16.5. The van der Waals surface area contributed by atoms with Crippen molar-refractivity contribution in [3.05, 3.63) is 11.6 Å². The van der Waals surface area contributed by atoms with Gasteiger partial charge in [0.2, 0.25) is 5.91 Å². The zero-order valence-electron chi connectivity index (χ0n) is 14.8. The maximum Gasteiger partial charge on any atom is 0.240 e. The van der Waals surface area contributed by atoms with Crippen molar-refractivity contribution >= 4 is 5.91 Å². The van der Waals surface area contributed by atoms with Crippen LogP contribution in [0.1, 0.15) is 57.3 Å². The van der Waals surface area contributed by atoms with E-state index in [0.717, 1.165) is 44.6 Å². The SMILES string of the molecule is CCCc1nc([C@H]2CN(C(=O)[C@H]3CCCCN3CC)CCO2)n[nH]1. The number of aromatic amines is 1. The number of hydrogen-bond donors (Lipinski definition) is 1. The number of likely N-dealkylation sites (N-methyl/N-ethyl adjacent to an activating group) is 1. The number of carbonyl (C=O) groups excluding carboxylic acids is 1. The summed E-state index contributed by atoms with van der Waals surface area (Å²) in [6.07, 6.45) is 5.00. The zero-order chi connectivity index (χ0) is 16.9. The first-order valence-electron chi connectivity index (χ1n) is 9.28. The van der Waals surface area contributed by atoms with Gasteiger partial charge in [-0.25, -0.2) is 4.98 Å². The minimum absolute atomic E-state index is 0.0327. The molecule has 0 bridgehead atoms. The minimum atomic E-state index is -0.219. The molecule has 1 aromatic rings. The summed E-state index contributed by atoms with van der Waals surface area (Å²) in [5.74, 6) is 1.81. The number of nitrogens with one attached hydrogen (secondary N) is 1. The molecule has 0 radical (unpaired) electrons. The van der Waals surface area contributed by atoms with Gasteiger partial charge < -0.3 is 9.64 Å². The number of amides is 1. The summed E-state index contributed by atoms with van der Waals surface area (Å²) < 4.78 is 5.82. The van der Waals surface area contributed by atoms with Crippen LogP contribution in [-0.4, -0.2) is 69.7 Å². The molecule has 3 heterocycles. The van der Waals surface area contributed by atoms with Crippen LogP contribution in [0.4, 0.5) is 0 Å². The van der Waals surface area contributed by atoms with Gasteiger partial charge in [-0.2, -0.15) is 5.10 Å². The largest absolute Gasteiger partial charge is 0.366 e. The first-order valence-corrected chi connectivity index (χ1v) is 9.28. The average Bonchev–Trinajstić information content (AvgIpc) is 3.10. The van der Waals surface area contributed by atoms with Crippen LogP contribution in [0, 0.1) is 0 Å². The van der Waals surface area contributed by atoms with Gasteiger partial charge in [0.05, 0.1) is 19.2 Å². The molecule has 0 spiro atoms. The Morgan fingerprint density at radius 1 is 1.33 bits per heavy atom. The predicted octanol–water partition coefficient (Wildman–Crippen LogP) is 1.53. The third kappa shape index (κ3) is 3.78. The Labute approximate surface area is 143 Å². The highest BCUT2D eigenvalue weighted by molar-refractivity contribution is 5.82. The Morgan fingerprint density at radius 3 is 3.00 bits per heavy atom. The van der Waals surface area contributed by atoms with Crippen molar-refractivity contribution in [2.24, 2.45) is 0 Å². The van der Waals surface area contributed by atoms with Gasteiger partial charge in [-0.05, 0) is 32.4 Å². The van der Waals surface area contributed by atoms with Crippen LogP contribution in [-0.2, 0) is 16.0 Å². The second-order valence-electron chi connectivity index (χ2n) is 6.67. The molecular weight excluding hydrogens is 306 g/mol. The second-order valence-corrected chi connectivity index (χ2v) is 6.67. The molecule has 7 nitrogen and oxygen atoms in total. The van der Waals surface area contributed by atoms with Gasteiger partial charge in [0.25, 0.3) is 0 Å². The highest BCUT2D eigenvalue weighted by Gasteiger charge is 2.35. The molecule has 3 rings (SSSR count). The molecule has 2 fully saturated rings. The van der Waals surface area contributed by atoms with Gasteiger partial charge in [0.15, 0.2) is 5.82 Å². The lowest BCUT2D eigenvalue weighted by atomic mass is 10.0. The smallest absolute Gasteiger partial charge is 0.240 e. The minimum Gasteiger partial charge on any atom is -0.366 e. The third-order valence-electron chi connectivity index (χ3n) is 5.01. The standard InChI is InChI=1S/C17H29N5O2/c1-3-7-15-18-16(20-19-15)14-12-22(10-11-24-14)17(23)13-8-5-6-9-21(13)4-2/h13-14H,3-12H2,1-2H3,(H,18,19,20)/t13-,14-/m1/s1. The first-order chi connectivity index (χ1) is 11.7. The fraction of sp³-hybridized carbons (Fsp3) is 0.824. The number of rotatable bonds is 5. The number of morpholine rings is 1. The first kappa shape index (κ1) is 17.4. The molecule has 2 atom stereocenters. The Kier molecular flexibility index (Phi) is 5.84. The van der Waals surface area contributed by atoms with E-state index in [1.54, 1.807) is 0 Å². The quantitative estimate of drug-likeness (QED) is 0.883. The third-order valence-corrected chi connectivity index (χ3v) is 5.01. The summed E-state index contributed by atoms with van der Waals surface area (Å²) in [6.45, 7) is 7.98. The van der Waals surface area contributed by atoms with Gasteiger partial charge in [0, 0.05) is 13.0 Å². The molecule has 134 valence electrons. The van der Waals surface area contributed by atoms with E-state index in [-0.39, 0.29) is 18.1 Å². The summed E-state index contributed by atoms with van der Waals surface area (Å²) in [4.78, 5) is 21.8. The topological polar surface area (TPSA) is 74.3 Å². The predicted molar refractivity (Wildman–Crippen MR) is 90.5 cm³/mol. The van der Waals surface area contributed by atoms with E-state index in [0.29, 0.717) is 25.5 Å². The molecule has 2 aliphatic heterocycles. The van der Waals surface area contributed by atoms with E-state index in [4.69, 9.17) is 4.74 Å². The van der Waals surface area contributed by atoms with Crippen molar-refractivity contribution in [1.29, 1.82) is 0 Å². The van der Waals surface area contributed by atoms with Gasteiger partial charge in [-0.15, -0.1) is 0 Å². The number of likely N-dealkylation sites (tertiary alicyclic amines) is 1. The summed E-state index contributed by atoms with van der Waals surface area (Å²) in [6, 6.07) is 0.0327. The Hall–Kier alpha value is -1.47. The molecule has 1 aromatic heterocycles. The van der Waals surface area contributed by atoms with Crippen molar-refractivity contribution in [3.8, 4) is 0 Å². The highest BCUT2D eigenvalue weighted by Crippen LogP contribution is 2.23. The van der Waals surface area contributed by atoms with E-state index in [9.17, 15) is 4.79 Å². The van der Waals surface area contributed by atoms with Gasteiger partial charge in [-0.3, -0.25) is 14.8 Å². The van der Waals surface area contributed by atoms with Crippen molar-refractivity contribution in [2.75, 3.05) is 32.8 Å². The van der Waals surface area contributed by atoms with Crippen molar-refractivity contribution < 1.29 is 9.53 Å². The number of aryl methyl sites for hydroxylation is 1. The van der Waals surface area contributed by atoms with Crippen molar-refractivity contribution in [1.82, 2.24) is 25.0 Å². The molecule has 2 aliphatic rings. The van der Waals surface area contributed by atoms with Crippen LogP contribution in [0.15, 0.2) is 0 Å². The molecule has 0 aromatic carbocycles. The number of hydrogen-bond acceptors (Lipinski definition) is 5. The molecule has 0 unspecified atom stereocenters. The molecule has 1 amide bonds. The molecule has 1 N–H and O–H groups in total. The summed E-state index contributed by atoms with van der Waals surface area (Å²) in [7, 11) is 0. The fourth-order valence-electron chi connectivity index (χ4n) is 3.67. The molecule has 24 heavy (non-hydrogen) atoms. The monoisotopic (exact) mass is 335 g/mol. The maximum atomic E-state index is 13.0. The summed E-state index contributed by atoms with van der Waals surface area (Å²) in [5.41, 5.74) is 0. The van der Waals surface area contributed by atoms with Crippen LogP contribution in [0.2, 0.25) is 0 Å². The van der Waals surface area contributed by atoms with Gasteiger partial charge in [-0.1, -0.05) is 20.3 Å². The van der Waals surface area contributed by atoms with Crippen LogP contribution in [0.5, 0.6) is 0 Å². The molecular formula is C17H29N5O2. The van der Waals surface area contributed by atoms with E-state index >= 15 is 0 Å². The lowest BCUT2D eigenvalue weighted by Crippen LogP contribution is -2.53. The maximum absolute atomic E-state index is 13.0. The van der Waals surface area contributed by atoms with E-state index in [1.807, 2.05) is 4.90 Å². The summed E-state index contributed by atoms with van der Waals surface area (Å²) >= 11 is 0. The number of H-pyrrole nitrogens is 1. The Morgan fingerprint density at radius 2 is 2.21 bits per heavy atom. The fourth-order valence-corrected chi connectivity index (χ4v) is 3.67. The van der Waals surface area contributed by atoms with Crippen LogP contribution in [0.3, 0.4) is 0 Å². The average molecular weight is 335 g/mol. The summed E-state index contributed by atoms with van der Waals surface area (Å²) in [5, 5.41) is 7.26. The Bertz CT molecular complexity index is 547. The van der Waals surface area contributed by atoms with Crippen LogP contribution >= 0.6 is 0 Å². The van der Waals surface area contributed by atoms with Crippen LogP contribution < -0.4 is 0 Å². The van der Waals surface area contributed by atoms with Gasteiger partial charge >= 0.3 is 0 Å². The number of nitrogens with zero attached hydrogens (tertiary/aromatic N) is 4. The number of piperidine rings is 1. The number of aromatic nitrogens is 3. The van der Waals surface area contributed by atoms with Crippen molar-refractivity contribution in [2.45, 2.75) is 58.1 Å². The normalized spacial score (nSPS) is 25.8. The number of ether oxygens (including phenoxy) is 1. The second kappa shape index (κ2) is 8.07. The van der Waals surface area contributed by atoms with E-state index in [1.165, 1.54) is 6.42 Å². The molecule has 0 saturated carbocycles. The lowest BCUT2D eigenvalue weighted by Gasteiger charge is -2.39.